The average molecular weight is 292 g/mol. The second kappa shape index (κ2) is 6.95. The van der Waals surface area contributed by atoms with E-state index in [1.165, 1.54) is 23.6 Å². The lowest BCUT2D eigenvalue weighted by molar-refractivity contribution is 0.102. The molecular weight excluding hydrogens is 276 g/mol. The number of H-pyrrole nitrogens is 1. The first-order chi connectivity index (χ1) is 9.70. The van der Waals surface area contributed by atoms with Gasteiger partial charge in [0.2, 0.25) is 5.13 Å². The van der Waals surface area contributed by atoms with Crippen molar-refractivity contribution in [3.63, 3.8) is 0 Å². The summed E-state index contributed by atoms with van der Waals surface area (Å²) in [5.41, 5.74) is -0.354. The highest BCUT2D eigenvalue weighted by Gasteiger charge is 2.12. The maximum absolute atomic E-state index is 11.9. The van der Waals surface area contributed by atoms with Crippen molar-refractivity contribution in [2.24, 2.45) is 0 Å². The Morgan fingerprint density at radius 1 is 1.40 bits per heavy atom. The number of nitrogens with one attached hydrogen (secondary N) is 2. The van der Waals surface area contributed by atoms with E-state index in [0.29, 0.717) is 5.13 Å². The third kappa shape index (κ3) is 3.74. The number of carbonyl (C=O) groups is 1. The maximum Gasteiger partial charge on any atom is 0.263 e. The van der Waals surface area contributed by atoms with E-state index in [0.717, 1.165) is 30.7 Å². The molecule has 6 nitrogen and oxygen atoms in total. The molecule has 2 aromatic rings. The predicted octanol–water partition coefficient (Wildman–Crippen LogP) is 2.21. The Labute approximate surface area is 120 Å². The molecule has 0 radical (unpaired) electrons. The molecule has 0 spiro atoms. The Bertz CT molecular complexity index is 635. The number of amides is 1. The van der Waals surface area contributed by atoms with Crippen LogP contribution < -0.4 is 10.9 Å². The summed E-state index contributed by atoms with van der Waals surface area (Å²) in [4.78, 5) is 25.9. The maximum atomic E-state index is 11.9. The molecule has 0 atom stereocenters. The number of unbranched alkanes of at least 4 members (excludes halogenated alkanes) is 2. The van der Waals surface area contributed by atoms with Crippen molar-refractivity contribution in [1.29, 1.82) is 0 Å². The largest absolute Gasteiger partial charge is 0.328 e. The minimum atomic E-state index is -0.469. The van der Waals surface area contributed by atoms with E-state index in [4.69, 9.17) is 0 Å². The minimum absolute atomic E-state index is 0.0650. The van der Waals surface area contributed by atoms with Crippen molar-refractivity contribution in [2.45, 2.75) is 32.6 Å². The van der Waals surface area contributed by atoms with Crippen molar-refractivity contribution in [3.05, 3.63) is 39.3 Å². The molecule has 0 fully saturated rings. The predicted molar refractivity (Wildman–Crippen MR) is 78.2 cm³/mol. The molecule has 0 aromatic carbocycles. The van der Waals surface area contributed by atoms with E-state index in [-0.39, 0.29) is 5.56 Å². The van der Waals surface area contributed by atoms with E-state index in [2.05, 4.69) is 27.4 Å². The van der Waals surface area contributed by atoms with Gasteiger partial charge in [0.1, 0.15) is 10.6 Å². The van der Waals surface area contributed by atoms with E-state index < -0.39 is 11.5 Å². The molecule has 0 aliphatic heterocycles. The molecule has 2 N–H and O–H groups in total. The van der Waals surface area contributed by atoms with Gasteiger partial charge in [0.15, 0.2) is 0 Å². The molecule has 0 saturated heterocycles. The Morgan fingerprint density at radius 2 is 2.25 bits per heavy atom. The summed E-state index contributed by atoms with van der Waals surface area (Å²) in [6.45, 7) is 2.14. The van der Waals surface area contributed by atoms with Gasteiger partial charge in [0.25, 0.3) is 11.5 Å². The quantitative estimate of drug-likeness (QED) is 0.799. The van der Waals surface area contributed by atoms with Crippen molar-refractivity contribution < 1.29 is 4.79 Å². The molecule has 7 heteroatoms. The van der Waals surface area contributed by atoms with Gasteiger partial charge in [-0.15, -0.1) is 10.2 Å². The van der Waals surface area contributed by atoms with Gasteiger partial charge in [0.05, 0.1) is 0 Å². The number of aromatic amines is 1. The Hall–Kier alpha value is -2.02. The number of nitrogens with zero attached hydrogens (tertiary/aromatic N) is 2. The van der Waals surface area contributed by atoms with Gasteiger partial charge in [-0.2, -0.15) is 0 Å². The van der Waals surface area contributed by atoms with Crippen molar-refractivity contribution in [2.75, 3.05) is 5.32 Å². The number of aromatic nitrogens is 3. The SMILES string of the molecule is CCCCCc1nnc(NC(=O)c2ccc[nH]c2=O)s1. The van der Waals surface area contributed by atoms with Crippen molar-refractivity contribution in [3.8, 4) is 0 Å². The van der Waals surface area contributed by atoms with Crippen LogP contribution in [0.2, 0.25) is 0 Å². The first-order valence-corrected chi connectivity index (χ1v) is 7.33. The molecule has 2 rings (SSSR count). The molecule has 2 aromatic heterocycles. The second-order valence-electron chi connectivity index (χ2n) is 4.33. The van der Waals surface area contributed by atoms with Crippen LogP contribution in [0.5, 0.6) is 0 Å². The minimum Gasteiger partial charge on any atom is -0.328 e. The third-order valence-electron chi connectivity index (χ3n) is 2.74. The van der Waals surface area contributed by atoms with E-state index >= 15 is 0 Å². The topological polar surface area (TPSA) is 87.7 Å². The standard InChI is InChI=1S/C13H16N4O2S/c1-2-3-4-7-10-16-17-13(20-10)15-12(19)9-6-5-8-14-11(9)18/h5-6,8H,2-4,7H2,1H3,(H,14,18)(H,15,17,19). The van der Waals surface area contributed by atoms with Crippen LogP contribution in [0.15, 0.2) is 23.1 Å². The number of rotatable bonds is 6. The Balaban J connectivity index is 1.98. The van der Waals surface area contributed by atoms with Crippen LogP contribution in [0.3, 0.4) is 0 Å². The van der Waals surface area contributed by atoms with Crippen LogP contribution in [0.4, 0.5) is 5.13 Å². The van der Waals surface area contributed by atoms with Gasteiger partial charge in [-0.05, 0) is 18.6 Å². The fourth-order valence-corrected chi connectivity index (χ4v) is 2.47. The molecular formula is C13H16N4O2S. The van der Waals surface area contributed by atoms with Crippen LogP contribution in [0.25, 0.3) is 0 Å². The molecule has 20 heavy (non-hydrogen) atoms. The number of hydrogen-bond donors (Lipinski definition) is 2. The Kier molecular flexibility index (Phi) is 5.00. The molecule has 106 valence electrons. The molecule has 0 bridgehead atoms. The molecule has 0 unspecified atom stereocenters. The molecule has 0 aliphatic rings. The molecule has 0 saturated carbocycles. The normalized spacial score (nSPS) is 10.4. The summed E-state index contributed by atoms with van der Waals surface area (Å²) in [5.74, 6) is -0.469. The summed E-state index contributed by atoms with van der Waals surface area (Å²) in [6.07, 6.45) is 5.72. The second-order valence-corrected chi connectivity index (χ2v) is 5.39. The lowest BCUT2D eigenvalue weighted by atomic mass is 10.2. The summed E-state index contributed by atoms with van der Waals surface area (Å²) in [6, 6.07) is 3.07. The number of anilines is 1. The van der Waals surface area contributed by atoms with Gasteiger partial charge < -0.3 is 4.98 Å². The third-order valence-corrected chi connectivity index (χ3v) is 3.64. The average Bonchev–Trinajstić information content (AvgIpc) is 2.87. The van der Waals surface area contributed by atoms with Crippen molar-refractivity contribution in [1.82, 2.24) is 15.2 Å². The van der Waals surface area contributed by atoms with E-state index in [1.54, 1.807) is 6.07 Å². The smallest absolute Gasteiger partial charge is 0.263 e. The lowest BCUT2D eigenvalue weighted by Crippen LogP contribution is -2.22. The molecule has 1 amide bonds. The van der Waals surface area contributed by atoms with E-state index in [9.17, 15) is 9.59 Å². The number of pyridine rings is 1. The zero-order chi connectivity index (χ0) is 14.4. The molecule has 0 aliphatic carbocycles. The van der Waals surface area contributed by atoms with Crippen molar-refractivity contribution >= 4 is 22.4 Å². The van der Waals surface area contributed by atoms with Crippen LogP contribution in [0, 0.1) is 0 Å². The van der Waals surface area contributed by atoms with Gasteiger partial charge in [-0.3, -0.25) is 14.9 Å². The summed E-state index contributed by atoms with van der Waals surface area (Å²) in [5, 5.41) is 11.9. The van der Waals surface area contributed by atoms with Gasteiger partial charge in [-0.1, -0.05) is 31.1 Å². The lowest BCUT2D eigenvalue weighted by Gasteiger charge is -1.99. The summed E-state index contributed by atoms with van der Waals surface area (Å²) >= 11 is 1.35. The zero-order valence-corrected chi connectivity index (χ0v) is 12.0. The first-order valence-electron chi connectivity index (χ1n) is 6.52. The fourth-order valence-electron chi connectivity index (χ4n) is 1.70. The monoisotopic (exact) mass is 292 g/mol. The molecule has 2 heterocycles. The number of carbonyl (C=O) groups excluding carboxylic acids is 1. The first kappa shape index (κ1) is 14.4. The fraction of sp³-hybridized carbons (Fsp3) is 0.385. The van der Waals surface area contributed by atoms with Crippen LogP contribution >= 0.6 is 11.3 Å². The van der Waals surface area contributed by atoms with Gasteiger partial charge in [-0.25, -0.2) is 0 Å². The number of aryl methyl sites for hydroxylation is 1. The Morgan fingerprint density at radius 3 is 3.00 bits per heavy atom. The van der Waals surface area contributed by atoms with Gasteiger partial charge in [0, 0.05) is 12.6 Å². The zero-order valence-electron chi connectivity index (χ0n) is 11.2. The number of hydrogen-bond acceptors (Lipinski definition) is 5. The van der Waals surface area contributed by atoms with Crippen LogP contribution in [-0.2, 0) is 6.42 Å². The summed E-state index contributed by atoms with van der Waals surface area (Å²) < 4.78 is 0. The van der Waals surface area contributed by atoms with Crippen LogP contribution in [-0.4, -0.2) is 21.1 Å². The highest BCUT2D eigenvalue weighted by atomic mass is 32.1. The van der Waals surface area contributed by atoms with Crippen LogP contribution in [0.1, 0.15) is 41.6 Å². The highest BCUT2D eigenvalue weighted by molar-refractivity contribution is 7.15. The van der Waals surface area contributed by atoms with E-state index in [1.807, 2.05) is 0 Å². The summed E-state index contributed by atoms with van der Waals surface area (Å²) in [7, 11) is 0. The highest BCUT2D eigenvalue weighted by Crippen LogP contribution is 2.17. The van der Waals surface area contributed by atoms with Gasteiger partial charge >= 0.3 is 0 Å².